The minimum atomic E-state index is -0.267. The van der Waals surface area contributed by atoms with Gasteiger partial charge >= 0.3 is 0 Å². The third-order valence-electron chi connectivity index (χ3n) is 0.328. The van der Waals surface area contributed by atoms with Crippen molar-refractivity contribution in [1.29, 1.82) is 0 Å². The van der Waals surface area contributed by atoms with Gasteiger partial charge in [0.1, 0.15) is 12.4 Å². The molecule has 0 aliphatic carbocycles. The molecule has 5 N–H and O–H groups in total. The summed E-state index contributed by atoms with van der Waals surface area (Å²) in [5, 5.41) is 11.0. The Labute approximate surface area is 64.4 Å². The molecule has 0 amide bonds. The third kappa shape index (κ3) is 26.9. The molecule has 0 fully saturated rings. The molecule has 0 aliphatic heterocycles. The maximum Gasteiger partial charge on any atom is 0.145 e. The lowest BCUT2D eigenvalue weighted by Gasteiger charge is -1.84. The lowest BCUT2D eigenvalue weighted by molar-refractivity contribution is 0.355. The van der Waals surface area contributed by atoms with E-state index < -0.39 is 0 Å². The number of nitrogens with two attached hydrogens (primary N) is 2. The van der Waals surface area contributed by atoms with Gasteiger partial charge in [0.25, 0.3) is 0 Å². The Kier molecular flexibility index (Phi) is 38.7. The van der Waals surface area contributed by atoms with Crippen LogP contribution in [-0.4, -0.2) is 17.5 Å². The van der Waals surface area contributed by atoms with Crippen molar-refractivity contribution in [3.05, 3.63) is 0 Å². The van der Waals surface area contributed by atoms with Crippen LogP contribution in [0.3, 0.4) is 0 Å². The van der Waals surface area contributed by atoms with E-state index in [4.69, 9.17) is 10.8 Å². The summed E-state index contributed by atoms with van der Waals surface area (Å²) in [4.78, 5) is 0. The van der Waals surface area contributed by atoms with Gasteiger partial charge in [-0.2, -0.15) is 5.10 Å². The van der Waals surface area contributed by atoms with Crippen LogP contribution in [-0.2, 0) is 0 Å². The van der Waals surface area contributed by atoms with E-state index in [2.05, 4.69) is 10.9 Å². The smallest absolute Gasteiger partial charge is 0.145 e. The van der Waals surface area contributed by atoms with E-state index in [9.17, 15) is 0 Å². The van der Waals surface area contributed by atoms with Crippen molar-refractivity contribution < 1.29 is 6.53 Å². The van der Waals surface area contributed by atoms with Crippen molar-refractivity contribution in [2.45, 2.75) is 27.7 Å². The lowest BCUT2D eigenvalue weighted by atomic mass is 10.7. The van der Waals surface area contributed by atoms with E-state index in [1.165, 1.54) is 0 Å². The Morgan fingerprint density at radius 1 is 1.40 bits per heavy atom. The maximum atomic E-state index is 8.00. The first-order valence-corrected chi connectivity index (χ1v) is 3.44. The normalized spacial score (nSPS) is 8.30. The largest absolute Gasteiger partial charge is 0.388 e. The average Bonchev–Trinajstić information content (AvgIpc) is 2.10. The minimum Gasteiger partial charge on any atom is -0.388 e. The molecule has 10 heavy (non-hydrogen) atoms. The van der Waals surface area contributed by atoms with Gasteiger partial charge in [-0.3, -0.25) is 0 Å². The van der Waals surface area contributed by atoms with Gasteiger partial charge in [-0.1, -0.05) is 27.7 Å². The predicted molar refractivity (Wildman–Crippen MR) is 47.7 cm³/mol. The zero-order chi connectivity index (χ0) is 8.99. The maximum absolute atomic E-state index is 8.00. The molecule has 0 heterocycles. The Bertz CT molecular complexity index is 68.8. The molecule has 0 aromatic carbocycles. The average molecular weight is 151 g/mol. The first-order chi connectivity index (χ1) is 4.81. The molecule has 0 saturated heterocycles. The monoisotopic (exact) mass is 151 g/mol. The van der Waals surface area contributed by atoms with Gasteiger partial charge in [-0.05, 0) is 0 Å². The van der Waals surface area contributed by atoms with Crippen LogP contribution in [0.15, 0.2) is 5.10 Å². The summed E-state index contributed by atoms with van der Waals surface area (Å²) in [6.07, 6.45) is 0. The number of rotatable bonds is 1. The zero-order valence-corrected chi connectivity index (χ0v) is 7.26. The van der Waals surface area contributed by atoms with Gasteiger partial charge in [-0.25, -0.2) is 0 Å². The highest BCUT2D eigenvalue weighted by molar-refractivity contribution is 5.80. The van der Waals surface area contributed by atoms with Crippen LogP contribution in [0.5, 0.6) is 0 Å². The molecule has 0 rings (SSSR count). The molecule has 0 aromatic rings. The molecule has 0 aliphatic rings. The van der Waals surface area contributed by atoms with Crippen molar-refractivity contribution in [3.63, 3.8) is 0 Å². The molecule has 4 heteroatoms. The molecule has 0 saturated carbocycles. The second-order valence-electron chi connectivity index (χ2n) is 0.779. The number of aliphatic hydroxyl groups excluding tert-OH is 1. The minimum absolute atomic E-state index is 0. The summed E-state index contributed by atoms with van der Waals surface area (Å²) in [5.74, 6) is 4.64. The van der Waals surface area contributed by atoms with E-state index in [0.29, 0.717) is 0 Å². The van der Waals surface area contributed by atoms with E-state index in [-0.39, 0.29) is 13.9 Å². The Balaban J connectivity index is -0.0000000428. The number of hydrazone groups is 1. The summed E-state index contributed by atoms with van der Waals surface area (Å²) in [6.45, 7) is 7.73. The highest BCUT2D eigenvalue weighted by Crippen LogP contribution is 1.52. The molecular weight excluding hydrogens is 130 g/mol. The molecule has 66 valence electrons. The summed E-state index contributed by atoms with van der Waals surface area (Å²) in [7, 11) is 0. The fourth-order valence-electron chi connectivity index (χ4n) is 0.0408. The topological polar surface area (TPSA) is 84.6 Å². The van der Waals surface area contributed by atoms with Crippen LogP contribution in [0.2, 0.25) is 0 Å². The van der Waals surface area contributed by atoms with Crippen LogP contribution < -0.4 is 11.6 Å². The molecule has 0 atom stereocenters. The number of hydrogen-bond donors (Lipinski definition) is 3. The third-order valence-corrected chi connectivity index (χ3v) is 0.328. The van der Waals surface area contributed by atoms with Gasteiger partial charge in [-0.15, -0.1) is 0 Å². The van der Waals surface area contributed by atoms with E-state index in [0.717, 1.165) is 0 Å². The predicted octanol–water partition coefficient (Wildman–Crippen LogP) is 0.508. The van der Waals surface area contributed by atoms with Gasteiger partial charge in [0.05, 0.1) is 0 Å². The molecule has 0 spiro atoms. The number of hydrogen-bond acceptors (Lipinski definition) is 3. The fourth-order valence-corrected chi connectivity index (χ4v) is 0.0408. The lowest BCUT2D eigenvalue weighted by Crippen LogP contribution is -2.17. The first kappa shape index (κ1) is 16.1. The van der Waals surface area contributed by atoms with Crippen molar-refractivity contribution in [1.82, 2.24) is 0 Å². The first-order valence-electron chi connectivity index (χ1n) is 3.44. The van der Waals surface area contributed by atoms with Crippen LogP contribution in [0.4, 0.5) is 0 Å². The Morgan fingerprint density at radius 2 is 1.70 bits per heavy atom. The molecule has 0 aromatic heterocycles. The van der Waals surface area contributed by atoms with Crippen molar-refractivity contribution in [3.8, 4) is 0 Å². The Morgan fingerprint density at radius 3 is 1.70 bits per heavy atom. The molecular formula is C6H21N3O. The number of aliphatic hydroxyl groups is 1. The highest BCUT2D eigenvalue weighted by Gasteiger charge is 1.78. The summed E-state index contributed by atoms with van der Waals surface area (Å²) in [5.41, 5.74) is 4.85. The summed E-state index contributed by atoms with van der Waals surface area (Å²) < 4.78 is 0. The van der Waals surface area contributed by atoms with Crippen molar-refractivity contribution in [2.24, 2.45) is 16.7 Å². The molecule has 0 unspecified atom stereocenters. The van der Waals surface area contributed by atoms with Crippen LogP contribution >= 0.6 is 0 Å². The van der Waals surface area contributed by atoms with Gasteiger partial charge in [0.15, 0.2) is 0 Å². The van der Waals surface area contributed by atoms with Crippen LogP contribution in [0, 0.1) is 0 Å². The van der Waals surface area contributed by atoms with Crippen molar-refractivity contribution in [2.75, 3.05) is 6.61 Å². The number of amidine groups is 1. The van der Waals surface area contributed by atoms with Gasteiger partial charge in [0, 0.05) is 1.43 Å². The molecule has 0 radical (unpaired) electrons. The van der Waals surface area contributed by atoms with E-state index in [1.807, 2.05) is 27.7 Å². The fraction of sp³-hybridized carbons (Fsp3) is 0.833. The highest BCUT2D eigenvalue weighted by atomic mass is 16.3. The van der Waals surface area contributed by atoms with E-state index in [1.54, 1.807) is 0 Å². The van der Waals surface area contributed by atoms with Crippen LogP contribution in [0.25, 0.3) is 0 Å². The second-order valence-corrected chi connectivity index (χ2v) is 0.779. The van der Waals surface area contributed by atoms with Crippen molar-refractivity contribution >= 4 is 5.84 Å². The zero-order valence-electron chi connectivity index (χ0n) is 7.26. The standard InChI is InChI=1S/C2H7N3O.2C2H6.H2/c3-2(1-6)5-4;2*1-2;/h6H,1,4H2,(H2,3,5);2*1-2H3;1H. The van der Waals surface area contributed by atoms with Crippen LogP contribution in [0.1, 0.15) is 29.1 Å². The SMILES string of the molecule is CC.CC.N/N=C(\N)CO.[HH]. The van der Waals surface area contributed by atoms with Gasteiger partial charge < -0.3 is 16.7 Å². The second kappa shape index (κ2) is 24.0. The summed E-state index contributed by atoms with van der Waals surface area (Å²) in [6, 6.07) is 0. The molecule has 0 bridgehead atoms. The Hall–Kier alpha value is -0.770. The molecule has 4 nitrogen and oxygen atoms in total. The summed E-state index contributed by atoms with van der Waals surface area (Å²) >= 11 is 0. The quantitative estimate of drug-likeness (QED) is 0.221. The van der Waals surface area contributed by atoms with E-state index >= 15 is 0 Å². The number of nitrogens with zero attached hydrogens (tertiary/aromatic N) is 1. The van der Waals surface area contributed by atoms with Gasteiger partial charge in [0.2, 0.25) is 0 Å².